The van der Waals surface area contributed by atoms with Crippen molar-refractivity contribution in [3.63, 3.8) is 0 Å². The summed E-state index contributed by atoms with van der Waals surface area (Å²) in [6, 6.07) is 2.59. The minimum atomic E-state index is -1.26. The molecule has 21 heavy (non-hydrogen) atoms. The van der Waals surface area contributed by atoms with Crippen LogP contribution in [0.3, 0.4) is 0 Å². The first-order chi connectivity index (χ1) is 9.86. The summed E-state index contributed by atoms with van der Waals surface area (Å²) in [5.74, 6) is -3.53. The molecule has 0 spiro atoms. The summed E-state index contributed by atoms with van der Waals surface area (Å²) in [5.41, 5.74) is -0.114. The van der Waals surface area contributed by atoms with Gasteiger partial charge in [0.15, 0.2) is 5.69 Å². The zero-order chi connectivity index (χ0) is 15.6. The fourth-order valence-corrected chi connectivity index (χ4v) is 1.67. The van der Waals surface area contributed by atoms with Crippen molar-refractivity contribution in [3.05, 3.63) is 41.2 Å². The van der Waals surface area contributed by atoms with E-state index in [1.165, 1.54) is 6.92 Å². The number of carbonyl (C=O) groups excluding carboxylic acids is 1. The minimum Gasteiger partial charge on any atom is -0.476 e. The number of aromatic nitrogens is 3. The van der Waals surface area contributed by atoms with Gasteiger partial charge in [-0.05, 0) is 19.1 Å². The van der Waals surface area contributed by atoms with Crippen molar-refractivity contribution in [3.8, 4) is 0 Å². The summed E-state index contributed by atoms with van der Waals surface area (Å²) in [6.07, 6.45) is 0. The van der Waals surface area contributed by atoms with Gasteiger partial charge in [-0.3, -0.25) is 4.79 Å². The lowest BCUT2D eigenvalue weighted by atomic mass is 10.3. The fraction of sp³-hybridized carbons (Fsp3) is 0.167. The molecule has 2 N–H and O–H groups in total. The van der Waals surface area contributed by atoms with Crippen molar-refractivity contribution in [1.82, 2.24) is 15.0 Å². The molecule has 0 aliphatic rings. The highest BCUT2D eigenvalue weighted by Gasteiger charge is 2.16. The third kappa shape index (κ3) is 3.38. The quantitative estimate of drug-likeness (QED) is 0.883. The molecule has 0 fully saturated rings. The lowest BCUT2D eigenvalue weighted by Gasteiger charge is -2.06. The molecule has 2 rings (SSSR count). The van der Waals surface area contributed by atoms with Gasteiger partial charge in [0.25, 0.3) is 0 Å². The molecular formula is C12H10F2N4O3. The number of carboxylic acids is 1. The van der Waals surface area contributed by atoms with Crippen molar-refractivity contribution in [2.24, 2.45) is 0 Å². The Morgan fingerprint density at radius 1 is 1.29 bits per heavy atom. The largest absolute Gasteiger partial charge is 0.476 e. The van der Waals surface area contributed by atoms with E-state index in [9.17, 15) is 18.4 Å². The maximum atomic E-state index is 13.0. The van der Waals surface area contributed by atoms with E-state index in [2.05, 4.69) is 15.6 Å². The van der Waals surface area contributed by atoms with Gasteiger partial charge in [-0.2, -0.15) is 0 Å². The summed E-state index contributed by atoms with van der Waals surface area (Å²) < 4.78 is 27.0. The van der Waals surface area contributed by atoms with Gasteiger partial charge >= 0.3 is 5.97 Å². The zero-order valence-corrected chi connectivity index (χ0v) is 10.8. The van der Waals surface area contributed by atoms with Crippen LogP contribution < -0.4 is 5.32 Å². The van der Waals surface area contributed by atoms with Crippen LogP contribution in [0.5, 0.6) is 0 Å². The van der Waals surface area contributed by atoms with Crippen molar-refractivity contribution < 1.29 is 23.5 Å². The SMILES string of the molecule is Cc1c(C(=O)O)nnn1CC(=O)Nc1cc(F)cc(F)c1. The van der Waals surface area contributed by atoms with Crippen LogP contribution in [-0.2, 0) is 11.3 Å². The second-order valence-corrected chi connectivity index (χ2v) is 4.19. The van der Waals surface area contributed by atoms with Gasteiger partial charge < -0.3 is 10.4 Å². The summed E-state index contributed by atoms with van der Waals surface area (Å²) in [6.45, 7) is 1.11. The van der Waals surface area contributed by atoms with E-state index in [4.69, 9.17) is 5.11 Å². The highest BCUT2D eigenvalue weighted by molar-refractivity contribution is 5.91. The lowest BCUT2D eigenvalue weighted by Crippen LogP contribution is -2.20. The number of nitrogens with zero attached hydrogens (tertiary/aromatic N) is 3. The molecule has 0 bridgehead atoms. The van der Waals surface area contributed by atoms with Gasteiger partial charge in [-0.1, -0.05) is 5.21 Å². The van der Waals surface area contributed by atoms with Gasteiger partial charge in [0.1, 0.15) is 18.2 Å². The van der Waals surface area contributed by atoms with Gasteiger partial charge in [0, 0.05) is 11.8 Å². The number of nitrogens with one attached hydrogen (secondary N) is 1. The standard InChI is InChI=1S/C12H10F2N4O3/c1-6-11(12(20)21)16-17-18(6)5-10(19)15-9-3-7(13)2-8(14)4-9/h2-4H,5H2,1H3,(H,15,19)(H,20,21). The van der Waals surface area contributed by atoms with Gasteiger partial charge in [0.05, 0.1) is 5.69 Å². The van der Waals surface area contributed by atoms with Crippen LogP contribution >= 0.6 is 0 Å². The number of carbonyl (C=O) groups is 2. The Bertz CT molecular complexity index is 694. The van der Waals surface area contributed by atoms with E-state index in [0.29, 0.717) is 6.07 Å². The van der Waals surface area contributed by atoms with E-state index in [1.807, 2.05) is 0 Å². The number of benzene rings is 1. The molecule has 110 valence electrons. The molecule has 0 saturated heterocycles. The first-order valence-electron chi connectivity index (χ1n) is 5.76. The van der Waals surface area contributed by atoms with Crippen LogP contribution in [0.25, 0.3) is 0 Å². The second kappa shape index (κ2) is 5.65. The molecular weight excluding hydrogens is 286 g/mol. The van der Waals surface area contributed by atoms with Gasteiger partial charge in [0.2, 0.25) is 5.91 Å². The summed E-state index contributed by atoms with van der Waals surface area (Å²) in [4.78, 5) is 22.5. The van der Waals surface area contributed by atoms with Crippen LogP contribution in [0, 0.1) is 18.6 Å². The third-order valence-electron chi connectivity index (χ3n) is 2.62. The van der Waals surface area contributed by atoms with Crippen molar-refractivity contribution in [2.75, 3.05) is 5.32 Å². The smallest absolute Gasteiger partial charge is 0.358 e. The third-order valence-corrected chi connectivity index (χ3v) is 2.62. The molecule has 1 aromatic heterocycles. The van der Waals surface area contributed by atoms with E-state index >= 15 is 0 Å². The molecule has 0 aliphatic carbocycles. The Balaban J connectivity index is 2.10. The van der Waals surface area contributed by atoms with Crippen LogP contribution in [0.2, 0.25) is 0 Å². The molecule has 1 amide bonds. The second-order valence-electron chi connectivity index (χ2n) is 4.19. The number of aromatic carboxylic acids is 1. The van der Waals surface area contributed by atoms with E-state index in [0.717, 1.165) is 16.8 Å². The average molecular weight is 296 g/mol. The Hall–Kier alpha value is -2.84. The maximum Gasteiger partial charge on any atom is 0.358 e. The number of amides is 1. The fourth-order valence-electron chi connectivity index (χ4n) is 1.67. The molecule has 1 aromatic carbocycles. The Morgan fingerprint density at radius 2 is 1.90 bits per heavy atom. The molecule has 1 heterocycles. The summed E-state index contributed by atoms with van der Waals surface area (Å²) in [7, 11) is 0. The molecule has 0 unspecified atom stereocenters. The Labute approximate surface area is 117 Å². The number of hydrogen-bond donors (Lipinski definition) is 2. The predicted octanol–water partition coefficient (Wildman–Crippen LogP) is 1.20. The van der Waals surface area contributed by atoms with Crippen molar-refractivity contribution in [1.29, 1.82) is 0 Å². The number of halogens is 2. The highest BCUT2D eigenvalue weighted by atomic mass is 19.1. The Kier molecular flexibility index (Phi) is 3.92. The summed E-state index contributed by atoms with van der Waals surface area (Å²) >= 11 is 0. The first-order valence-corrected chi connectivity index (χ1v) is 5.76. The molecule has 0 radical (unpaired) electrons. The average Bonchev–Trinajstić information content (AvgIpc) is 2.69. The molecule has 2 aromatic rings. The van der Waals surface area contributed by atoms with E-state index in [-0.39, 0.29) is 23.6 Å². The van der Waals surface area contributed by atoms with Crippen LogP contribution in [0.1, 0.15) is 16.2 Å². The van der Waals surface area contributed by atoms with Crippen molar-refractivity contribution in [2.45, 2.75) is 13.5 Å². The lowest BCUT2D eigenvalue weighted by molar-refractivity contribution is -0.117. The zero-order valence-electron chi connectivity index (χ0n) is 10.8. The number of hydrogen-bond acceptors (Lipinski definition) is 4. The maximum absolute atomic E-state index is 13.0. The molecule has 0 atom stereocenters. The molecule has 0 saturated carbocycles. The van der Waals surface area contributed by atoms with E-state index < -0.39 is 23.5 Å². The molecule has 0 aliphatic heterocycles. The topological polar surface area (TPSA) is 97.1 Å². The number of anilines is 1. The summed E-state index contributed by atoms with van der Waals surface area (Å²) in [5, 5.41) is 18.0. The monoisotopic (exact) mass is 296 g/mol. The van der Waals surface area contributed by atoms with Gasteiger partial charge in [-0.15, -0.1) is 5.10 Å². The van der Waals surface area contributed by atoms with Crippen LogP contribution in [0.15, 0.2) is 18.2 Å². The molecule has 9 heteroatoms. The first kappa shape index (κ1) is 14.6. The highest BCUT2D eigenvalue weighted by Crippen LogP contribution is 2.13. The Morgan fingerprint density at radius 3 is 2.43 bits per heavy atom. The van der Waals surface area contributed by atoms with Crippen LogP contribution in [0.4, 0.5) is 14.5 Å². The minimum absolute atomic E-state index is 0.0475. The number of rotatable bonds is 4. The predicted molar refractivity (Wildman–Crippen MR) is 66.7 cm³/mol. The normalized spacial score (nSPS) is 10.4. The van der Waals surface area contributed by atoms with Crippen LogP contribution in [-0.4, -0.2) is 32.0 Å². The number of carboxylic acid groups (broad SMARTS) is 1. The van der Waals surface area contributed by atoms with Gasteiger partial charge in [-0.25, -0.2) is 18.3 Å². The van der Waals surface area contributed by atoms with E-state index in [1.54, 1.807) is 0 Å². The molecule has 7 nitrogen and oxygen atoms in total. The van der Waals surface area contributed by atoms with Crippen molar-refractivity contribution >= 4 is 17.6 Å².